The van der Waals surface area contributed by atoms with Crippen LogP contribution >= 0.6 is 0 Å². The average molecular weight is 404 g/mol. The number of nitrogens with two attached hydrogens (primary N) is 1. The first kappa shape index (κ1) is 19.7. The van der Waals surface area contributed by atoms with Crippen LogP contribution < -0.4 is 10.5 Å². The predicted octanol–water partition coefficient (Wildman–Crippen LogP) is 3.20. The van der Waals surface area contributed by atoms with E-state index in [9.17, 15) is 9.59 Å². The molecule has 1 atom stereocenters. The summed E-state index contributed by atoms with van der Waals surface area (Å²) in [6, 6.07) is 16.4. The molecule has 2 aromatic carbocycles. The molecule has 0 radical (unpaired) electrons. The van der Waals surface area contributed by atoms with Crippen molar-refractivity contribution in [2.24, 2.45) is 5.92 Å². The molecule has 0 saturated carbocycles. The topological polar surface area (TPSA) is 90.5 Å². The number of hydrogen-bond acceptors (Lipinski definition) is 5. The predicted molar refractivity (Wildman–Crippen MR) is 114 cm³/mol. The highest BCUT2D eigenvalue weighted by Gasteiger charge is 2.31. The number of methoxy groups -OCH3 is 1. The number of carbonyl (C=O) groups excluding carboxylic acids is 2. The molecule has 1 saturated heterocycles. The molecule has 7 nitrogen and oxygen atoms in total. The maximum Gasteiger partial charge on any atom is 0.253 e. The molecule has 0 bridgehead atoms. The van der Waals surface area contributed by atoms with E-state index in [1.165, 1.54) is 6.20 Å². The Kier molecular flexibility index (Phi) is 5.52. The van der Waals surface area contributed by atoms with Gasteiger partial charge in [0.05, 0.1) is 24.6 Å². The summed E-state index contributed by atoms with van der Waals surface area (Å²) in [5, 5.41) is 4.31. The number of amides is 1. The van der Waals surface area contributed by atoms with Crippen LogP contribution in [0.3, 0.4) is 0 Å². The van der Waals surface area contributed by atoms with E-state index in [1.807, 2.05) is 42.5 Å². The van der Waals surface area contributed by atoms with Crippen LogP contribution in [0.15, 0.2) is 60.8 Å². The number of nitrogens with zero attached hydrogens (tertiary/aromatic N) is 3. The van der Waals surface area contributed by atoms with Gasteiger partial charge in [-0.25, -0.2) is 4.68 Å². The molecule has 1 aliphatic rings. The highest BCUT2D eigenvalue weighted by molar-refractivity contribution is 6.02. The van der Waals surface area contributed by atoms with E-state index < -0.39 is 0 Å². The summed E-state index contributed by atoms with van der Waals surface area (Å²) in [5.41, 5.74) is 8.04. The first-order chi connectivity index (χ1) is 14.6. The van der Waals surface area contributed by atoms with E-state index >= 15 is 0 Å². The minimum absolute atomic E-state index is 0.0463. The highest BCUT2D eigenvalue weighted by atomic mass is 16.5. The molecule has 30 heavy (non-hydrogen) atoms. The van der Waals surface area contributed by atoms with Gasteiger partial charge < -0.3 is 15.4 Å². The lowest BCUT2D eigenvalue weighted by molar-refractivity contribution is 0.0637. The molecule has 0 aliphatic carbocycles. The Bertz CT molecular complexity index is 1040. The fourth-order valence-electron chi connectivity index (χ4n) is 3.84. The largest absolute Gasteiger partial charge is 0.497 e. The Morgan fingerprint density at radius 3 is 2.53 bits per heavy atom. The summed E-state index contributed by atoms with van der Waals surface area (Å²) in [6.45, 7) is 1.04. The molecule has 1 amide bonds. The van der Waals surface area contributed by atoms with Crippen LogP contribution in [0, 0.1) is 5.92 Å². The van der Waals surface area contributed by atoms with Crippen molar-refractivity contribution in [3.8, 4) is 11.4 Å². The lowest BCUT2D eigenvalue weighted by atomic mass is 9.90. The fraction of sp³-hybridized carbons (Fsp3) is 0.261. The Morgan fingerprint density at radius 1 is 1.10 bits per heavy atom. The summed E-state index contributed by atoms with van der Waals surface area (Å²) in [6.07, 6.45) is 3.02. The number of ketones is 1. The smallest absolute Gasteiger partial charge is 0.253 e. The van der Waals surface area contributed by atoms with Crippen molar-refractivity contribution in [3.05, 3.63) is 71.9 Å². The lowest BCUT2D eigenvalue weighted by Gasteiger charge is -2.32. The molecular formula is C23H24N4O3. The van der Waals surface area contributed by atoms with Gasteiger partial charge in [-0.1, -0.05) is 18.2 Å². The second-order valence-electron chi connectivity index (χ2n) is 7.37. The van der Waals surface area contributed by atoms with Gasteiger partial charge in [-0.05, 0) is 49.2 Å². The van der Waals surface area contributed by atoms with E-state index in [-0.39, 0.29) is 17.6 Å². The summed E-state index contributed by atoms with van der Waals surface area (Å²) in [5.74, 6) is 0.623. The zero-order valence-corrected chi connectivity index (χ0v) is 16.8. The second kappa shape index (κ2) is 8.41. The van der Waals surface area contributed by atoms with Gasteiger partial charge in [-0.15, -0.1) is 0 Å². The monoisotopic (exact) mass is 404 g/mol. The molecule has 0 unspecified atom stereocenters. The van der Waals surface area contributed by atoms with Crippen molar-refractivity contribution in [3.63, 3.8) is 0 Å². The maximum atomic E-state index is 13.2. The Hall–Kier alpha value is -3.61. The third kappa shape index (κ3) is 3.78. The van der Waals surface area contributed by atoms with Gasteiger partial charge in [-0.3, -0.25) is 9.59 Å². The quantitative estimate of drug-likeness (QED) is 0.660. The number of piperidine rings is 1. The third-order valence-electron chi connectivity index (χ3n) is 5.49. The molecule has 154 valence electrons. The van der Waals surface area contributed by atoms with Crippen molar-refractivity contribution in [2.75, 3.05) is 25.9 Å². The molecule has 1 fully saturated rings. The molecule has 4 rings (SSSR count). The van der Waals surface area contributed by atoms with Gasteiger partial charge in [0.25, 0.3) is 5.91 Å². The first-order valence-electron chi connectivity index (χ1n) is 9.95. The van der Waals surface area contributed by atoms with Crippen LogP contribution in [0.25, 0.3) is 5.69 Å². The van der Waals surface area contributed by atoms with E-state index in [0.717, 1.165) is 24.3 Å². The zero-order valence-electron chi connectivity index (χ0n) is 16.8. The standard InChI is InChI=1S/C23H24N4O3/c1-30-19-11-9-18(10-12-19)27-22(24)20(14-25-27)21(28)17-8-5-13-26(15-17)23(29)16-6-3-2-4-7-16/h2-4,6-7,9-12,14,17H,5,8,13,15,24H2,1H3/t17-/m0/s1. The number of carbonyl (C=O) groups is 2. The summed E-state index contributed by atoms with van der Waals surface area (Å²) >= 11 is 0. The van der Waals surface area contributed by atoms with Gasteiger partial charge in [0, 0.05) is 24.6 Å². The third-order valence-corrected chi connectivity index (χ3v) is 5.49. The van der Waals surface area contributed by atoms with Gasteiger partial charge in [0.15, 0.2) is 5.78 Å². The molecular weight excluding hydrogens is 380 g/mol. The van der Waals surface area contributed by atoms with E-state index in [0.29, 0.717) is 30.0 Å². The zero-order chi connectivity index (χ0) is 21.1. The fourth-order valence-corrected chi connectivity index (χ4v) is 3.84. The minimum atomic E-state index is -0.290. The van der Waals surface area contributed by atoms with Crippen LogP contribution in [0.4, 0.5) is 5.82 Å². The first-order valence-corrected chi connectivity index (χ1v) is 9.95. The van der Waals surface area contributed by atoms with Crippen molar-refractivity contribution in [1.82, 2.24) is 14.7 Å². The number of nitrogen functional groups attached to an aromatic ring is 1. The van der Waals surface area contributed by atoms with Crippen LogP contribution in [-0.4, -0.2) is 46.6 Å². The summed E-state index contributed by atoms with van der Waals surface area (Å²) in [7, 11) is 1.60. The molecule has 2 N–H and O–H groups in total. The van der Waals surface area contributed by atoms with E-state index in [2.05, 4.69) is 5.10 Å². The maximum absolute atomic E-state index is 13.2. The average Bonchev–Trinajstić information content (AvgIpc) is 3.20. The van der Waals surface area contributed by atoms with Crippen LogP contribution in [-0.2, 0) is 0 Å². The Morgan fingerprint density at radius 2 is 1.83 bits per heavy atom. The number of ether oxygens (including phenoxy) is 1. The van der Waals surface area contributed by atoms with Crippen molar-refractivity contribution >= 4 is 17.5 Å². The molecule has 2 heterocycles. The van der Waals surface area contributed by atoms with E-state index in [4.69, 9.17) is 10.5 Å². The van der Waals surface area contributed by atoms with Crippen LogP contribution in [0.5, 0.6) is 5.75 Å². The SMILES string of the molecule is COc1ccc(-n2ncc(C(=O)[C@H]3CCCN(C(=O)c4ccccc4)C3)c2N)cc1. The number of anilines is 1. The van der Waals surface area contributed by atoms with E-state index in [1.54, 1.807) is 28.8 Å². The Balaban J connectivity index is 1.51. The molecule has 0 spiro atoms. The molecule has 1 aromatic heterocycles. The Labute approximate surface area is 175 Å². The number of aromatic nitrogens is 2. The second-order valence-corrected chi connectivity index (χ2v) is 7.37. The van der Waals surface area contributed by atoms with Gasteiger partial charge in [0.2, 0.25) is 0 Å². The number of hydrogen-bond donors (Lipinski definition) is 1. The summed E-state index contributed by atoms with van der Waals surface area (Å²) < 4.78 is 6.72. The van der Waals surface area contributed by atoms with Gasteiger partial charge >= 0.3 is 0 Å². The molecule has 3 aromatic rings. The van der Waals surface area contributed by atoms with Gasteiger partial charge in [-0.2, -0.15) is 5.10 Å². The van der Waals surface area contributed by atoms with Crippen LogP contribution in [0.2, 0.25) is 0 Å². The van der Waals surface area contributed by atoms with Crippen molar-refractivity contribution in [1.29, 1.82) is 0 Å². The van der Waals surface area contributed by atoms with Crippen molar-refractivity contribution < 1.29 is 14.3 Å². The lowest BCUT2D eigenvalue weighted by Crippen LogP contribution is -2.42. The number of likely N-dealkylation sites (tertiary alicyclic amines) is 1. The summed E-state index contributed by atoms with van der Waals surface area (Å²) in [4.78, 5) is 27.7. The molecule has 1 aliphatic heterocycles. The molecule has 7 heteroatoms. The minimum Gasteiger partial charge on any atom is -0.497 e. The van der Waals surface area contributed by atoms with Crippen molar-refractivity contribution in [2.45, 2.75) is 12.8 Å². The van der Waals surface area contributed by atoms with Gasteiger partial charge in [0.1, 0.15) is 11.6 Å². The number of rotatable bonds is 5. The normalized spacial score (nSPS) is 16.3. The highest BCUT2D eigenvalue weighted by Crippen LogP contribution is 2.26. The van der Waals surface area contributed by atoms with Crippen LogP contribution in [0.1, 0.15) is 33.6 Å². The number of Topliss-reactive ketones (excluding diaryl/α,β-unsaturated/α-hetero) is 1. The number of benzene rings is 2.